The first-order chi connectivity index (χ1) is 21.7. The van der Waals surface area contributed by atoms with Crippen molar-refractivity contribution in [3.05, 3.63) is 0 Å². The molecule has 2 atom stereocenters. The average Bonchev–Trinajstić information content (AvgIpc) is 2.96. The van der Waals surface area contributed by atoms with E-state index in [4.69, 9.17) is 4.74 Å². The maximum atomic E-state index is 7.27. The van der Waals surface area contributed by atoms with Crippen LogP contribution in [0.5, 0.6) is 0 Å². The molecule has 2 unspecified atom stereocenters. The Morgan fingerprint density at radius 2 is 0.533 bits per heavy atom. The van der Waals surface area contributed by atoms with E-state index in [1.54, 1.807) is 0 Å². The molecular weight excluding hydrogens is 544 g/mol. The van der Waals surface area contributed by atoms with Gasteiger partial charge in [-0.1, -0.05) is 221 Å². The maximum absolute atomic E-state index is 7.27. The molecule has 1 heteroatoms. The largest absolute Gasteiger partial charge is 0.369 e. The molecule has 0 rings (SSSR count). The zero-order chi connectivity index (χ0) is 33.5. The predicted octanol–water partition coefficient (Wildman–Crippen LogP) is 16.4. The van der Waals surface area contributed by atoms with E-state index in [2.05, 4.69) is 55.4 Å². The van der Waals surface area contributed by atoms with Gasteiger partial charge in [0.25, 0.3) is 0 Å². The van der Waals surface area contributed by atoms with Crippen molar-refractivity contribution in [1.29, 1.82) is 0 Å². The predicted molar refractivity (Wildman–Crippen MR) is 207 cm³/mol. The second-order valence-corrected chi connectivity index (χ2v) is 16.9. The fourth-order valence-electron chi connectivity index (χ4n) is 8.10. The van der Waals surface area contributed by atoms with Gasteiger partial charge in [0, 0.05) is 0 Å². The molecule has 0 aromatic carbocycles. The molecule has 272 valence electrons. The van der Waals surface area contributed by atoms with Gasteiger partial charge >= 0.3 is 0 Å². The highest BCUT2D eigenvalue weighted by Crippen LogP contribution is 2.37. The Kier molecular flexibility index (Phi) is 31.2. The summed E-state index contributed by atoms with van der Waals surface area (Å²) in [5.41, 5.74) is 0.0376. The summed E-state index contributed by atoms with van der Waals surface area (Å²) in [5.74, 6) is 1.37. The monoisotopic (exact) mass is 635 g/mol. The molecule has 0 radical (unpaired) electrons. The molecule has 0 heterocycles. The van der Waals surface area contributed by atoms with E-state index in [0.717, 1.165) is 0 Å². The van der Waals surface area contributed by atoms with Gasteiger partial charge < -0.3 is 4.74 Å². The SMILES string of the molecule is CCCCCCCCCCCCCCCCC(C)(CC(C)C)OC(C)(CCCCCCCCCCCCCCCC)CC(C)C. The molecule has 0 aliphatic heterocycles. The van der Waals surface area contributed by atoms with Gasteiger partial charge in [0.15, 0.2) is 0 Å². The third kappa shape index (κ3) is 31.0. The summed E-state index contributed by atoms with van der Waals surface area (Å²) < 4.78 is 7.27. The third-order valence-corrected chi connectivity index (χ3v) is 10.3. The zero-order valence-corrected chi connectivity index (χ0v) is 33.2. The highest BCUT2D eigenvalue weighted by molar-refractivity contribution is 4.86. The van der Waals surface area contributed by atoms with E-state index in [9.17, 15) is 0 Å². The summed E-state index contributed by atoms with van der Waals surface area (Å²) in [7, 11) is 0. The first-order valence-electron chi connectivity index (χ1n) is 21.4. The lowest BCUT2D eigenvalue weighted by atomic mass is 9.84. The van der Waals surface area contributed by atoms with Gasteiger partial charge in [0.2, 0.25) is 0 Å². The van der Waals surface area contributed by atoms with E-state index in [-0.39, 0.29) is 11.2 Å². The van der Waals surface area contributed by atoms with Crippen molar-refractivity contribution in [2.75, 3.05) is 0 Å². The highest BCUT2D eigenvalue weighted by Gasteiger charge is 2.36. The normalized spacial score (nSPS) is 14.8. The Labute approximate surface area is 288 Å². The van der Waals surface area contributed by atoms with Crippen LogP contribution in [0.15, 0.2) is 0 Å². The molecule has 0 saturated heterocycles. The Morgan fingerprint density at radius 3 is 0.733 bits per heavy atom. The Balaban J connectivity index is 4.28. The van der Waals surface area contributed by atoms with Crippen LogP contribution in [-0.2, 0) is 4.74 Å². The number of hydrogen-bond donors (Lipinski definition) is 0. The molecule has 1 nitrogen and oxygen atoms in total. The van der Waals surface area contributed by atoms with Crippen molar-refractivity contribution >= 4 is 0 Å². The van der Waals surface area contributed by atoms with Gasteiger partial charge in [-0.25, -0.2) is 0 Å². The van der Waals surface area contributed by atoms with Crippen molar-refractivity contribution in [1.82, 2.24) is 0 Å². The number of ether oxygens (including phenoxy) is 1. The van der Waals surface area contributed by atoms with Crippen molar-refractivity contribution in [2.24, 2.45) is 11.8 Å². The van der Waals surface area contributed by atoms with E-state index in [0.29, 0.717) is 11.8 Å². The lowest BCUT2D eigenvalue weighted by molar-refractivity contribution is -0.163. The summed E-state index contributed by atoms with van der Waals surface area (Å²) in [5, 5.41) is 0. The second-order valence-electron chi connectivity index (χ2n) is 16.9. The zero-order valence-electron chi connectivity index (χ0n) is 33.2. The minimum Gasteiger partial charge on any atom is -0.369 e. The molecule has 0 fully saturated rings. The fraction of sp³-hybridized carbons (Fsp3) is 1.00. The van der Waals surface area contributed by atoms with Crippen LogP contribution >= 0.6 is 0 Å². The molecular formula is C44H90O. The van der Waals surface area contributed by atoms with Gasteiger partial charge in [-0.3, -0.25) is 0 Å². The van der Waals surface area contributed by atoms with Gasteiger partial charge in [-0.05, 0) is 51.4 Å². The van der Waals surface area contributed by atoms with Crippen molar-refractivity contribution < 1.29 is 4.74 Å². The Bertz CT molecular complexity index is 532. The molecule has 0 N–H and O–H groups in total. The molecule has 45 heavy (non-hydrogen) atoms. The minimum absolute atomic E-state index is 0.0188. The van der Waals surface area contributed by atoms with Gasteiger partial charge in [-0.15, -0.1) is 0 Å². The Morgan fingerprint density at radius 1 is 0.333 bits per heavy atom. The van der Waals surface area contributed by atoms with Gasteiger partial charge in [0.1, 0.15) is 0 Å². The fourth-order valence-corrected chi connectivity index (χ4v) is 8.10. The van der Waals surface area contributed by atoms with Crippen LogP contribution in [0.4, 0.5) is 0 Å². The van der Waals surface area contributed by atoms with Crippen LogP contribution in [0.3, 0.4) is 0 Å². The van der Waals surface area contributed by atoms with Crippen LogP contribution in [0.25, 0.3) is 0 Å². The minimum atomic E-state index is 0.0188. The van der Waals surface area contributed by atoms with E-state index >= 15 is 0 Å². The lowest BCUT2D eigenvalue weighted by Gasteiger charge is -2.43. The lowest BCUT2D eigenvalue weighted by Crippen LogP contribution is -2.43. The van der Waals surface area contributed by atoms with Gasteiger partial charge in [-0.2, -0.15) is 0 Å². The van der Waals surface area contributed by atoms with E-state index in [1.807, 2.05) is 0 Å². The number of unbranched alkanes of at least 4 members (excludes halogenated alkanes) is 26. The van der Waals surface area contributed by atoms with E-state index in [1.165, 1.54) is 205 Å². The van der Waals surface area contributed by atoms with Crippen LogP contribution in [-0.4, -0.2) is 11.2 Å². The molecule has 0 aromatic rings. The Hall–Kier alpha value is -0.0400. The van der Waals surface area contributed by atoms with Crippen molar-refractivity contribution in [3.63, 3.8) is 0 Å². The smallest absolute Gasteiger partial charge is 0.0664 e. The quantitative estimate of drug-likeness (QED) is 0.0623. The van der Waals surface area contributed by atoms with Crippen LogP contribution in [0.2, 0.25) is 0 Å². The summed E-state index contributed by atoms with van der Waals surface area (Å²) in [4.78, 5) is 0. The summed E-state index contributed by atoms with van der Waals surface area (Å²) in [6.07, 6.45) is 44.9. The van der Waals surface area contributed by atoms with Crippen LogP contribution < -0.4 is 0 Å². The highest BCUT2D eigenvalue weighted by atomic mass is 16.5. The summed E-state index contributed by atoms with van der Waals surface area (Å²) >= 11 is 0. The van der Waals surface area contributed by atoms with E-state index < -0.39 is 0 Å². The standard InChI is InChI=1S/C44H90O/c1-9-11-13-15-17-19-21-23-25-27-29-31-33-35-37-43(7,39-41(3)4)45-44(8,40-42(5)6)38-36-34-32-30-28-26-24-22-20-18-16-14-12-10-2/h41-42H,9-40H2,1-8H3. The molecule has 0 bridgehead atoms. The summed E-state index contributed by atoms with van der Waals surface area (Å²) in [6, 6.07) is 0. The third-order valence-electron chi connectivity index (χ3n) is 10.3. The molecule has 0 aliphatic carbocycles. The first kappa shape index (κ1) is 45.0. The van der Waals surface area contributed by atoms with Crippen molar-refractivity contribution in [3.8, 4) is 0 Å². The van der Waals surface area contributed by atoms with Crippen LogP contribution in [0.1, 0.15) is 261 Å². The second kappa shape index (κ2) is 31.2. The van der Waals surface area contributed by atoms with Gasteiger partial charge in [0.05, 0.1) is 11.2 Å². The first-order valence-corrected chi connectivity index (χ1v) is 21.4. The van der Waals surface area contributed by atoms with Crippen LogP contribution in [0, 0.1) is 11.8 Å². The number of rotatable bonds is 36. The molecule has 0 saturated carbocycles. The molecule has 0 aliphatic rings. The molecule has 0 amide bonds. The van der Waals surface area contributed by atoms with Crippen molar-refractivity contribution in [2.45, 2.75) is 272 Å². The topological polar surface area (TPSA) is 9.23 Å². The number of hydrogen-bond acceptors (Lipinski definition) is 1. The molecule has 0 aromatic heterocycles. The molecule has 0 spiro atoms. The summed E-state index contributed by atoms with van der Waals surface area (Å²) in [6.45, 7) is 19.1. The average molecular weight is 635 g/mol. The maximum Gasteiger partial charge on any atom is 0.0664 e.